The lowest BCUT2D eigenvalue weighted by molar-refractivity contribution is 0.102. The Kier molecular flexibility index (Phi) is 4.37. The summed E-state index contributed by atoms with van der Waals surface area (Å²) in [5.41, 5.74) is 3.53. The number of hydrogen-bond donors (Lipinski definition) is 3. The van der Waals surface area contributed by atoms with Crippen molar-refractivity contribution in [3.63, 3.8) is 0 Å². The molecular weight excluding hydrogens is 382 g/mol. The number of nitrogens with one attached hydrogen (secondary N) is 3. The van der Waals surface area contributed by atoms with Crippen LogP contribution in [0.5, 0.6) is 0 Å². The molecule has 146 valence electrons. The second-order valence-corrected chi connectivity index (χ2v) is 6.50. The Hall–Kier alpha value is -4.53. The molecule has 0 saturated heterocycles. The van der Waals surface area contributed by atoms with Crippen LogP contribution in [0.15, 0.2) is 77.7 Å². The number of carbonyl (C=O) groups excluding carboxylic acids is 1. The highest BCUT2D eigenvalue weighted by molar-refractivity contribution is 6.04. The summed E-state index contributed by atoms with van der Waals surface area (Å²) in [7, 11) is 0. The molecule has 5 rings (SSSR count). The Labute approximate surface area is 170 Å². The number of carbonyl (C=O) groups is 1. The van der Waals surface area contributed by atoms with E-state index >= 15 is 0 Å². The molecule has 0 atom stereocenters. The summed E-state index contributed by atoms with van der Waals surface area (Å²) in [4.78, 5) is 20.7. The van der Waals surface area contributed by atoms with E-state index < -0.39 is 0 Å². The molecule has 0 radical (unpaired) electrons. The van der Waals surface area contributed by atoms with E-state index in [1.807, 2.05) is 24.3 Å². The fourth-order valence-electron chi connectivity index (χ4n) is 2.97. The number of H-pyrrole nitrogens is 1. The SMILES string of the molecule is O=C(Nc1cccc(-c2nc(Nc3ccc4[nH]ncc4c3)no2)c1)c1cccnc1. The van der Waals surface area contributed by atoms with Crippen LogP contribution >= 0.6 is 0 Å². The Morgan fingerprint density at radius 2 is 1.97 bits per heavy atom. The number of hydrogen-bond acceptors (Lipinski definition) is 7. The minimum absolute atomic E-state index is 0.247. The Bertz CT molecular complexity index is 1330. The van der Waals surface area contributed by atoms with Gasteiger partial charge in [-0.15, -0.1) is 0 Å². The maximum atomic E-state index is 12.3. The van der Waals surface area contributed by atoms with Gasteiger partial charge in [-0.1, -0.05) is 6.07 Å². The molecule has 3 heterocycles. The Morgan fingerprint density at radius 3 is 2.87 bits per heavy atom. The Morgan fingerprint density at radius 1 is 1.00 bits per heavy atom. The van der Waals surface area contributed by atoms with Gasteiger partial charge >= 0.3 is 0 Å². The molecule has 0 aliphatic rings. The molecule has 0 unspecified atom stereocenters. The molecule has 3 N–H and O–H groups in total. The van der Waals surface area contributed by atoms with E-state index in [2.05, 4.69) is 36.0 Å². The summed E-state index contributed by atoms with van der Waals surface area (Å²) >= 11 is 0. The van der Waals surface area contributed by atoms with Crippen molar-refractivity contribution in [2.45, 2.75) is 0 Å². The standard InChI is InChI=1S/C21H15N7O2/c29-19(14-4-2-8-22-11-14)24-16-5-1-3-13(9-16)20-26-21(28-30-20)25-17-6-7-18-15(10-17)12-23-27-18/h1-12H,(H,23,27)(H,24,29)(H,25,28). The van der Waals surface area contributed by atoms with E-state index in [1.165, 1.54) is 6.20 Å². The van der Waals surface area contributed by atoms with Gasteiger partial charge in [-0.05, 0) is 53.7 Å². The monoisotopic (exact) mass is 397 g/mol. The van der Waals surface area contributed by atoms with E-state index in [-0.39, 0.29) is 5.91 Å². The van der Waals surface area contributed by atoms with Crippen molar-refractivity contribution in [3.05, 3.63) is 78.8 Å². The van der Waals surface area contributed by atoms with Crippen molar-refractivity contribution in [2.75, 3.05) is 10.6 Å². The van der Waals surface area contributed by atoms with Crippen molar-refractivity contribution >= 4 is 34.1 Å². The third kappa shape index (κ3) is 3.59. The van der Waals surface area contributed by atoms with Crippen LogP contribution in [0, 0.1) is 0 Å². The molecule has 1 amide bonds. The second-order valence-electron chi connectivity index (χ2n) is 6.50. The lowest BCUT2D eigenvalue weighted by Gasteiger charge is -2.05. The Balaban J connectivity index is 1.33. The molecule has 30 heavy (non-hydrogen) atoms. The van der Waals surface area contributed by atoms with Crippen LogP contribution < -0.4 is 10.6 Å². The molecule has 0 saturated carbocycles. The topological polar surface area (TPSA) is 122 Å². The highest BCUT2D eigenvalue weighted by Crippen LogP contribution is 2.24. The van der Waals surface area contributed by atoms with E-state index in [9.17, 15) is 4.79 Å². The molecule has 0 aliphatic carbocycles. The number of fused-ring (bicyclic) bond motifs is 1. The highest BCUT2D eigenvalue weighted by atomic mass is 16.5. The van der Waals surface area contributed by atoms with Gasteiger partial charge in [0.1, 0.15) is 0 Å². The predicted molar refractivity (Wildman–Crippen MR) is 111 cm³/mol. The lowest BCUT2D eigenvalue weighted by atomic mass is 10.2. The van der Waals surface area contributed by atoms with E-state index in [4.69, 9.17) is 4.52 Å². The van der Waals surface area contributed by atoms with Crippen LogP contribution in [0.25, 0.3) is 22.4 Å². The molecule has 5 aromatic rings. The smallest absolute Gasteiger partial charge is 0.268 e. The van der Waals surface area contributed by atoms with E-state index in [0.717, 1.165) is 16.6 Å². The summed E-state index contributed by atoms with van der Waals surface area (Å²) in [6, 6.07) is 16.3. The van der Waals surface area contributed by atoms with Gasteiger partial charge in [0.15, 0.2) is 0 Å². The number of amides is 1. The van der Waals surface area contributed by atoms with Crippen molar-refractivity contribution in [1.82, 2.24) is 25.3 Å². The van der Waals surface area contributed by atoms with Crippen molar-refractivity contribution in [2.24, 2.45) is 0 Å². The predicted octanol–water partition coefficient (Wildman–Crippen LogP) is 4.00. The first kappa shape index (κ1) is 17.6. The van der Waals surface area contributed by atoms with Gasteiger partial charge in [-0.25, -0.2) is 0 Å². The third-order valence-corrected chi connectivity index (χ3v) is 4.41. The van der Waals surface area contributed by atoms with Gasteiger partial charge in [-0.2, -0.15) is 10.1 Å². The molecule has 2 aromatic carbocycles. The lowest BCUT2D eigenvalue weighted by Crippen LogP contribution is -2.11. The fourth-order valence-corrected chi connectivity index (χ4v) is 2.97. The molecular formula is C21H15N7O2. The zero-order chi connectivity index (χ0) is 20.3. The van der Waals surface area contributed by atoms with Crippen molar-refractivity contribution in [3.8, 4) is 11.5 Å². The second kappa shape index (κ2) is 7.47. The maximum Gasteiger partial charge on any atom is 0.268 e. The largest absolute Gasteiger partial charge is 0.332 e. The van der Waals surface area contributed by atoms with Crippen molar-refractivity contribution < 1.29 is 9.32 Å². The first-order chi connectivity index (χ1) is 14.7. The van der Waals surface area contributed by atoms with E-state index in [0.29, 0.717) is 28.7 Å². The van der Waals surface area contributed by atoms with Crippen LogP contribution in [-0.4, -0.2) is 31.2 Å². The summed E-state index contributed by atoms with van der Waals surface area (Å²) in [5.74, 6) is 0.416. The first-order valence-corrected chi connectivity index (χ1v) is 9.10. The summed E-state index contributed by atoms with van der Waals surface area (Å²) in [6.07, 6.45) is 4.87. The number of benzene rings is 2. The van der Waals surface area contributed by atoms with Crippen LogP contribution in [0.1, 0.15) is 10.4 Å². The first-order valence-electron chi connectivity index (χ1n) is 9.10. The van der Waals surface area contributed by atoms with Crippen LogP contribution in [0.3, 0.4) is 0 Å². The fraction of sp³-hybridized carbons (Fsp3) is 0. The van der Waals surface area contributed by atoms with Gasteiger partial charge in [0.2, 0.25) is 0 Å². The molecule has 0 aliphatic heterocycles. The third-order valence-electron chi connectivity index (χ3n) is 4.41. The van der Waals surface area contributed by atoms with Crippen LogP contribution in [-0.2, 0) is 0 Å². The molecule has 9 heteroatoms. The average molecular weight is 397 g/mol. The number of pyridine rings is 1. The molecule has 9 nitrogen and oxygen atoms in total. The molecule has 0 bridgehead atoms. The van der Waals surface area contributed by atoms with Gasteiger partial charge < -0.3 is 15.2 Å². The quantitative estimate of drug-likeness (QED) is 0.410. The molecule has 3 aromatic heterocycles. The number of rotatable bonds is 5. The van der Waals surface area contributed by atoms with Crippen LogP contribution in [0.4, 0.5) is 17.3 Å². The summed E-state index contributed by atoms with van der Waals surface area (Å²) in [5, 5.41) is 17.8. The van der Waals surface area contributed by atoms with Gasteiger partial charge in [0, 0.05) is 34.7 Å². The van der Waals surface area contributed by atoms with Crippen molar-refractivity contribution in [1.29, 1.82) is 0 Å². The van der Waals surface area contributed by atoms with Gasteiger partial charge in [-0.3, -0.25) is 14.9 Å². The average Bonchev–Trinajstić information content (AvgIpc) is 3.44. The van der Waals surface area contributed by atoms with Gasteiger partial charge in [0.25, 0.3) is 17.7 Å². The number of nitrogens with zero attached hydrogens (tertiary/aromatic N) is 4. The number of aromatic amines is 1. The summed E-state index contributed by atoms with van der Waals surface area (Å²) in [6.45, 7) is 0. The zero-order valence-corrected chi connectivity index (χ0v) is 15.5. The minimum atomic E-state index is -0.247. The molecule has 0 spiro atoms. The number of aromatic nitrogens is 5. The molecule has 0 fully saturated rings. The van der Waals surface area contributed by atoms with Crippen LogP contribution in [0.2, 0.25) is 0 Å². The van der Waals surface area contributed by atoms with Gasteiger partial charge in [0.05, 0.1) is 17.3 Å². The zero-order valence-electron chi connectivity index (χ0n) is 15.5. The van der Waals surface area contributed by atoms with E-state index in [1.54, 1.807) is 42.7 Å². The number of anilines is 3. The summed E-state index contributed by atoms with van der Waals surface area (Å²) < 4.78 is 5.38. The maximum absolute atomic E-state index is 12.3. The normalized spacial score (nSPS) is 10.8. The highest BCUT2D eigenvalue weighted by Gasteiger charge is 2.12. The minimum Gasteiger partial charge on any atom is -0.332 e.